The minimum absolute atomic E-state index is 0.162. The Morgan fingerprint density at radius 2 is 1.65 bits per heavy atom. The predicted octanol–water partition coefficient (Wildman–Crippen LogP) is 2.99. The topological polar surface area (TPSA) is 66.5 Å². The lowest BCUT2D eigenvalue weighted by Crippen LogP contribution is -2.40. The molecular formula is C19H16Cl2N2O3. The highest BCUT2D eigenvalue weighted by molar-refractivity contribution is 6.42. The molecule has 1 aliphatic heterocycles. The molecule has 2 saturated carbocycles. The van der Waals surface area contributed by atoms with E-state index in [0.29, 0.717) is 27.6 Å². The number of anilines is 1. The van der Waals surface area contributed by atoms with Crippen molar-refractivity contribution in [1.82, 2.24) is 4.90 Å². The number of rotatable bonds is 3. The fourth-order valence-corrected chi connectivity index (χ4v) is 5.39. The van der Waals surface area contributed by atoms with Crippen molar-refractivity contribution in [3.8, 4) is 0 Å². The van der Waals surface area contributed by atoms with Crippen LogP contribution in [-0.2, 0) is 14.4 Å². The molecule has 5 nitrogen and oxygen atoms in total. The van der Waals surface area contributed by atoms with Gasteiger partial charge in [-0.1, -0.05) is 35.4 Å². The standard InChI is InChI=1S/C19H16Cl2N2O3/c20-13-4-1-8(5-14(13)21)22-15(24)7-23-18(25)16-9-2-3-10(12-6-11(9)12)17(16)19(23)26/h1-5,9-12,16-17H,6-7H2,(H,22,24)/t9-,10-,11-,12-,16+,17+/m1/s1. The van der Waals surface area contributed by atoms with Crippen molar-refractivity contribution in [2.24, 2.45) is 35.5 Å². The van der Waals surface area contributed by atoms with E-state index in [9.17, 15) is 14.4 Å². The summed E-state index contributed by atoms with van der Waals surface area (Å²) in [6.45, 7) is -0.264. The van der Waals surface area contributed by atoms with E-state index in [1.54, 1.807) is 12.1 Å². The van der Waals surface area contributed by atoms with Crippen LogP contribution in [0.1, 0.15) is 6.42 Å². The Bertz CT molecular complexity index is 848. The Morgan fingerprint density at radius 3 is 2.23 bits per heavy atom. The van der Waals surface area contributed by atoms with Gasteiger partial charge in [0.05, 0.1) is 21.9 Å². The third-order valence-corrected chi connectivity index (χ3v) is 7.00. The van der Waals surface area contributed by atoms with Crippen molar-refractivity contribution < 1.29 is 14.4 Å². The van der Waals surface area contributed by atoms with E-state index in [1.807, 2.05) is 0 Å². The second-order valence-corrected chi connectivity index (χ2v) is 8.41. The first-order valence-electron chi connectivity index (χ1n) is 8.74. The zero-order valence-corrected chi connectivity index (χ0v) is 15.2. The van der Waals surface area contributed by atoms with E-state index in [4.69, 9.17) is 23.2 Å². The third kappa shape index (κ3) is 2.26. The summed E-state index contributed by atoms with van der Waals surface area (Å²) in [5.41, 5.74) is 0.476. The maximum absolute atomic E-state index is 12.8. The Kier molecular flexibility index (Phi) is 3.50. The average Bonchev–Trinajstić information content (AvgIpc) is 3.39. The zero-order valence-electron chi connectivity index (χ0n) is 13.7. The highest BCUT2D eigenvalue weighted by Gasteiger charge is 2.67. The van der Waals surface area contributed by atoms with Crippen LogP contribution in [0.5, 0.6) is 0 Å². The number of benzene rings is 1. The minimum atomic E-state index is -0.422. The zero-order chi connectivity index (χ0) is 18.2. The Hall–Kier alpha value is -1.85. The molecule has 0 radical (unpaired) electrons. The molecule has 1 heterocycles. The summed E-state index contributed by atoms with van der Waals surface area (Å²) in [6, 6.07) is 4.74. The molecule has 0 unspecified atom stereocenters. The molecule has 3 fully saturated rings. The van der Waals surface area contributed by atoms with E-state index in [-0.39, 0.29) is 42.0 Å². The second kappa shape index (κ2) is 5.57. The van der Waals surface area contributed by atoms with Crippen LogP contribution in [0, 0.1) is 35.5 Å². The molecular weight excluding hydrogens is 375 g/mol. The van der Waals surface area contributed by atoms with Gasteiger partial charge in [0, 0.05) is 5.69 Å². The van der Waals surface area contributed by atoms with Crippen LogP contribution < -0.4 is 5.32 Å². The fourth-order valence-electron chi connectivity index (χ4n) is 5.09. The van der Waals surface area contributed by atoms with Gasteiger partial charge in [0.2, 0.25) is 17.7 Å². The Labute approximate surface area is 160 Å². The largest absolute Gasteiger partial charge is 0.324 e. The number of carbonyl (C=O) groups excluding carboxylic acids is 3. The molecule has 5 aliphatic rings. The monoisotopic (exact) mass is 390 g/mol. The van der Waals surface area contributed by atoms with Crippen LogP contribution >= 0.6 is 23.2 Å². The summed E-state index contributed by atoms with van der Waals surface area (Å²) < 4.78 is 0. The summed E-state index contributed by atoms with van der Waals surface area (Å²) in [4.78, 5) is 39.2. The second-order valence-electron chi connectivity index (χ2n) is 7.59. The van der Waals surface area contributed by atoms with E-state index >= 15 is 0 Å². The molecule has 134 valence electrons. The smallest absolute Gasteiger partial charge is 0.244 e. The number of nitrogens with one attached hydrogen (secondary N) is 1. The number of allylic oxidation sites excluding steroid dienone is 2. The van der Waals surface area contributed by atoms with E-state index in [1.165, 1.54) is 6.07 Å². The number of amides is 3. The van der Waals surface area contributed by atoms with E-state index in [0.717, 1.165) is 11.3 Å². The summed E-state index contributed by atoms with van der Waals surface area (Å²) in [6.07, 6.45) is 5.35. The van der Waals surface area contributed by atoms with Gasteiger partial charge in [0.1, 0.15) is 6.54 Å². The molecule has 3 amide bonds. The number of hydrogen-bond donors (Lipinski definition) is 1. The van der Waals surface area contributed by atoms with Crippen molar-refractivity contribution >= 4 is 46.6 Å². The predicted molar refractivity (Wildman–Crippen MR) is 96.5 cm³/mol. The molecule has 1 saturated heterocycles. The first kappa shape index (κ1) is 16.3. The number of carbonyl (C=O) groups is 3. The molecule has 0 aromatic heterocycles. The highest BCUT2D eigenvalue weighted by Crippen LogP contribution is 2.65. The average molecular weight is 391 g/mol. The van der Waals surface area contributed by atoms with Gasteiger partial charge in [-0.25, -0.2) is 0 Å². The number of hydrogen-bond acceptors (Lipinski definition) is 3. The third-order valence-electron chi connectivity index (χ3n) is 6.26. The van der Waals surface area contributed by atoms with Gasteiger partial charge in [0.25, 0.3) is 0 Å². The van der Waals surface area contributed by atoms with Gasteiger partial charge in [-0.2, -0.15) is 0 Å². The molecule has 1 aromatic carbocycles. The number of halogens is 2. The lowest BCUT2D eigenvalue weighted by atomic mass is 9.63. The maximum Gasteiger partial charge on any atom is 0.244 e. The van der Waals surface area contributed by atoms with Gasteiger partial charge in [-0.3, -0.25) is 19.3 Å². The molecule has 4 aliphatic carbocycles. The summed E-state index contributed by atoms with van der Waals surface area (Å²) >= 11 is 11.8. The highest BCUT2D eigenvalue weighted by atomic mass is 35.5. The van der Waals surface area contributed by atoms with Crippen LogP contribution in [0.3, 0.4) is 0 Å². The number of nitrogens with zero attached hydrogens (tertiary/aromatic N) is 1. The minimum Gasteiger partial charge on any atom is -0.324 e. The van der Waals surface area contributed by atoms with Crippen molar-refractivity contribution in [3.05, 3.63) is 40.4 Å². The Balaban J connectivity index is 1.32. The normalized spacial score (nSPS) is 36.2. The van der Waals surface area contributed by atoms with Gasteiger partial charge < -0.3 is 5.32 Å². The molecule has 6 rings (SSSR count). The SMILES string of the molecule is O=C(CN1C(=O)[C@H]2[C@@H]3C=C[C@H]([C@H]4C[C@H]34)[C@@H]2C1=O)Nc1ccc(Cl)c(Cl)c1. The number of imide groups is 1. The van der Waals surface area contributed by atoms with Gasteiger partial charge in [-0.05, 0) is 48.3 Å². The molecule has 0 spiro atoms. The molecule has 1 N–H and O–H groups in total. The quantitative estimate of drug-likeness (QED) is 0.637. The maximum atomic E-state index is 12.8. The van der Waals surface area contributed by atoms with E-state index in [2.05, 4.69) is 17.5 Å². The molecule has 6 atom stereocenters. The molecule has 2 bridgehead atoms. The van der Waals surface area contributed by atoms with Crippen LogP contribution in [0.2, 0.25) is 10.0 Å². The molecule has 1 aromatic rings. The summed E-state index contributed by atoms with van der Waals surface area (Å²) in [7, 11) is 0. The van der Waals surface area contributed by atoms with Gasteiger partial charge in [-0.15, -0.1) is 0 Å². The lowest BCUT2D eigenvalue weighted by molar-refractivity contribution is -0.142. The Morgan fingerprint density at radius 1 is 1.04 bits per heavy atom. The van der Waals surface area contributed by atoms with E-state index < -0.39 is 5.91 Å². The van der Waals surface area contributed by atoms with Gasteiger partial charge >= 0.3 is 0 Å². The molecule has 7 heteroatoms. The van der Waals surface area contributed by atoms with Crippen LogP contribution in [0.4, 0.5) is 5.69 Å². The molecule has 26 heavy (non-hydrogen) atoms. The van der Waals surface area contributed by atoms with Crippen molar-refractivity contribution in [2.75, 3.05) is 11.9 Å². The van der Waals surface area contributed by atoms with Crippen molar-refractivity contribution in [2.45, 2.75) is 6.42 Å². The first-order chi connectivity index (χ1) is 12.5. The first-order valence-corrected chi connectivity index (χ1v) is 9.50. The van der Waals surface area contributed by atoms with Crippen molar-refractivity contribution in [1.29, 1.82) is 0 Å². The van der Waals surface area contributed by atoms with Crippen LogP contribution in [0.15, 0.2) is 30.4 Å². The van der Waals surface area contributed by atoms with Crippen LogP contribution in [-0.4, -0.2) is 29.2 Å². The summed E-state index contributed by atoms with van der Waals surface area (Å²) in [5.74, 6) is 0.0420. The fraction of sp³-hybridized carbons (Fsp3) is 0.421. The summed E-state index contributed by atoms with van der Waals surface area (Å²) in [5, 5.41) is 3.38. The van der Waals surface area contributed by atoms with Crippen LogP contribution in [0.25, 0.3) is 0 Å². The number of likely N-dealkylation sites (tertiary alicyclic amines) is 1. The van der Waals surface area contributed by atoms with Gasteiger partial charge in [0.15, 0.2) is 0 Å². The lowest BCUT2D eigenvalue weighted by Gasteiger charge is -2.37. The van der Waals surface area contributed by atoms with Crippen molar-refractivity contribution in [3.63, 3.8) is 0 Å².